The van der Waals surface area contributed by atoms with E-state index in [9.17, 15) is 14.4 Å². The van der Waals surface area contributed by atoms with Gasteiger partial charge in [0.25, 0.3) is 11.8 Å². The highest BCUT2D eigenvalue weighted by Crippen LogP contribution is 2.13. The highest BCUT2D eigenvalue weighted by atomic mass is 16.5. The van der Waals surface area contributed by atoms with Gasteiger partial charge in [0.15, 0.2) is 6.61 Å². The van der Waals surface area contributed by atoms with Crippen molar-refractivity contribution in [2.75, 3.05) is 26.0 Å². The Hall–Kier alpha value is -3.94. The van der Waals surface area contributed by atoms with Gasteiger partial charge >= 0.3 is 5.97 Å². The van der Waals surface area contributed by atoms with Crippen LogP contribution in [0.3, 0.4) is 0 Å². The molecule has 0 bridgehead atoms. The second kappa shape index (κ2) is 9.04. The quantitative estimate of drug-likeness (QED) is 0.635. The molecule has 0 radical (unpaired) electrons. The van der Waals surface area contributed by atoms with Crippen molar-refractivity contribution in [3.05, 3.63) is 77.6 Å². The Labute approximate surface area is 174 Å². The Bertz CT molecular complexity index is 1050. The Kier molecular flexibility index (Phi) is 6.26. The van der Waals surface area contributed by atoms with E-state index in [1.54, 1.807) is 73.5 Å². The molecule has 0 saturated carbocycles. The zero-order chi connectivity index (χ0) is 21.7. The van der Waals surface area contributed by atoms with E-state index in [0.717, 1.165) is 11.4 Å². The number of anilines is 1. The van der Waals surface area contributed by atoms with Crippen LogP contribution in [0.4, 0.5) is 5.69 Å². The van der Waals surface area contributed by atoms with Gasteiger partial charge in [0, 0.05) is 37.2 Å². The number of amides is 2. The van der Waals surface area contributed by atoms with Crippen LogP contribution in [0.2, 0.25) is 0 Å². The first-order chi connectivity index (χ1) is 14.3. The first kappa shape index (κ1) is 20.8. The first-order valence-corrected chi connectivity index (χ1v) is 9.25. The van der Waals surface area contributed by atoms with Gasteiger partial charge < -0.3 is 15.0 Å². The molecule has 3 rings (SSSR count). The molecule has 8 heteroatoms. The minimum absolute atomic E-state index is 0.129. The fraction of sp³-hybridized carbons (Fsp3) is 0.182. The zero-order valence-corrected chi connectivity index (χ0v) is 17.0. The Balaban J connectivity index is 1.52. The summed E-state index contributed by atoms with van der Waals surface area (Å²) in [6.07, 6.45) is 1.70. The SMILES string of the molecule is Cc1ccnn1-c1ccc(C(=O)OCC(=O)Nc2ccc(C(=O)N(C)C)cc2)cc1. The van der Waals surface area contributed by atoms with Gasteiger partial charge in [-0.3, -0.25) is 9.59 Å². The predicted molar refractivity (Wildman–Crippen MR) is 112 cm³/mol. The average molecular weight is 406 g/mol. The van der Waals surface area contributed by atoms with Crippen molar-refractivity contribution in [1.29, 1.82) is 0 Å². The summed E-state index contributed by atoms with van der Waals surface area (Å²) in [7, 11) is 3.33. The van der Waals surface area contributed by atoms with E-state index in [1.807, 2.05) is 13.0 Å². The number of nitrogens with one attached hydrogen (secondary N) is 1. The number of rotatable bonds is 6. The van der Waals surface area contributed by atoms with E-state index in [4.69, 9.17) is 4.74 Å². The van der Waals surface area contributed by atoms with Crippen molar-refractivity contribution in [3.63, 3.8) is 0 Å². The average Bonchev–Trinajstić information content (AvgIpc) is 3.18. The normalized spacial score (nSPS) is 10.4. The van der Waals surface area contributed by atoms with Gasteiger partial charge in [0.2, 0.25) is 0 Å². The van der Waals surface area contributed by atoms with Crippen molar-refractivity contribution < 1.29 is 19.1 Å². The minimum Gasteiger partial charge on any atom is -0.452 e. The maximum Gasteiger partial charge on any atom is 0.338 e. The third kappa shape index (κ3) is 4.91. The minimum atomic E-state index is -0.596. The molecule has 0 saturated heterocycles. The molecular formula is C22H22N4O4. The molecule has 0 fully saturated rings. The van der Waals surface area contributed by atoms with E-state index < -0.39 is 18.5 Å². The maximum absolute atomic E-state index is 12.2. The number of aryl methyl sites for hydroxylation is 1. The molecule has 0 aliphatic rings. The molecular weight excluding hydrogens is 384 g/mol. The first-order valence-electron chi connectivity index (χ1n) is 9.25. The lowest BCUT2D eigenvalue weighted by Crippen LogP contribution is -2.22. The van der Waals surface area contributed by atoms with Crippen LogP contribution in [0, 0.1) is 6.92 Å². The molecule has 0 atom stereocenters. The van der Waals surface area contributed by atoms with Crippen LogP contribution < -0.4 is 5.32 Å². The molecule has 1 N–H and O–H groups in total. The summed E-state index contributed by atoms with van der Waals surface area (Å²) in [4.78, 5) is 37.6. The highest BCUT2D eigenvalue weighted by molar-refractivity contribution is 5.97. The lowest BCUT2D eigenvalue weighted by molar-refractivity contribution is -0.119. The van der Waals surface area contributed by atoms with Crippen LogP contribution in [0.15, 0.2) is 60.8 Å². The third-order valence-corrected chi connectivity index (χ3v) is 4.34. The molecule has 1 aromatic heterocycles. The van der Waals surface area contributed by atoms with Crippen molar-refractivity contribution in [2.45, 2.75) is 6.92 Å². The van der Waals surface area contributed by atoms with Gasteiger partial charge in [0.1, 0.15) is 0 Å². The number of carbonyl (C=O) groups excluding carboxylic acids is 3. The Morgan fingerprint density at radius 3 is 2.17 bits per heavy atom. The number of benzene rings is 2. The van der Waals surface area contributed by atoms with Gasteiger partial charge in [-0.1, -0.05) is 0 Å². The molecule has 0 spiro atoms. The van der Waals surface area contributed by atoms with Crippen LogP contribution >= 0.6 is 0 Å². The van der Waals surface area contributed by atoms with Crippen LogP contribution in [-0.2, 0) is 9.53 Å². The number of hydrogen-bond donors (Lipinski definition) is 1. The lowest BCUT2D eigenvalue weighted by atomic mass is 10.2. The molecule has 154 valence electrons. The van der Waals surface area contributed by atoms with Gasteiger partial charge in [-0.15, -0.1) is 0 Å². The fourth-order valence-electron chi connectivity index (χ4n) is 2.74. The summed E-state index contributed by atoms with van der Waals surface area (Å²) < 4.78 is 6.83. The Morgan fingerprint density at radius 2 is 1.60 bits per heavy atom. The van der Waals surface area contributed by atoms with Crippen molar-refractivity contribution in [2.24, 2.45) is 0 Å². The summed E-state index contributed by atoms with van der Waals surface area (Å²) in [6.45, 7) is 1.51. The zero-order valence-electron chi connectivity index (χ0n) is 17.0. The van der Waals surface area contributed by atoms with Crippen LogP contribution in [0.1, 0.15) is 26.4 Å². The topological polar surface area (TPSA) is 93.5 Å². The number of hydrogen-bond acceptors (Lipinski definition) is 5. The second-order valence-corrected chi connectivity index (χ2v) is 6.83. The smallest absolute Gasteiger partial charge is 0.338 e. The van der Waals surface area contributed by atoms with Gasteiger partial charge in [-0.05, 0) is 61.5 Å². The maximum atomic E-state index is 12.2. The summed E-state index contributed by atoms with van der Waals surface area (Å²) in [5, 5.41) is 6.84. The molecule has 0 aliphatic carbocycles. The predicted octanol–water partition coefficient (Wildman–Crippen LogP) is 2.68. The van der Waals surface area contributed by atoms with Crippen LogP contribution in [0.25, 0.3) is 5.69 Å². The van der Waals surface area contributed by atoms with Crippen molar-refractivity contribution >= 4 is 23.5 Å². The van der Waals surface area contributed by atoms with E-state index in [0.29, 0.717) is 16.8 Å². The monoisotopic (exact) mass is 406 g/mol. The van der Waals surface area contributed by atoms with Crippen molar-refractivity contribution in [3.8, 4) is 5.69 Å². The second-order valence-electron chi connectivity index (χ2n) is 6.83. The van der Waals surface area contributed by atoms with Gasteiger partial charge in [0.05, 0.1) is 11.3 Å². The molecule has 30 heavy (non-hydrogen) atoms. The molecule has 1 heterocycles. The van der Waals surface area contributed by atoms with Gasteiger partial charge in [-0.25, -0.2) is 9.48 Å². The number of esters is 1. The number of ether oxygens (including phenoxy) is 1. The lowest BCUT2D eigenvalue weighted by Gasteiger charge is -2.11. The summed E-state index contributed by atoms with van der Waals surface area (Å²) >= 11 is 0. The van der Waals surface area contributed by atoms with Gasteiger partial charge in [-0.2, -0.15) is 5.10 Å². The fourth-order valence-corrected chi connectivity index (χ4v) is 2.74. The Morgan fingerprint density at radius 1 is 0.967 bits per heavy atom. The molecule has 2 aromatic carbocycles. The summed E-state index contributed by atoms with van der Waals surface area (Å²) in [5.41, 5.74) is 3.15. The molecule has 3 aromatic rings. The van der Waals surface area contributed by atoms with Crippen LogP contribution in [-0.4, -0.2) is 53.2 Å². The number of nitrogens with zero attached hydrogens (tertiary/aromatic N) is 3. The molecule has 0 unspecified atom stereocenters. The molecule has 8 nitrogen and oxygen atoms in total. The molecule has 2 amide bonds. The highest BCUT2D eigenvalue weighted by Gasteiger charge is 2.12. The largest absolute Gasteiger partial charge is 0.452 e. The van der Waals surface area contributed by atoms with Crippen molar-refractivity contribution in [1.82, 2.24) is 14.7 Å². The third-order valence-electron chi connectivity index (χ3n) is 4.34. The van der Waals surface area contributed by atoms with E-state index in [-0.39, 0.29) is 5.91 Å². The summed E-state index contributed by atoms with van der Waals surface area (Å²) in [6, 6.07) is 15.1. The standard InChI is InChI=1S/C22H22N4O4/c1-15-12-13-23-26(15)19-10-6-17(7-11-19)22(29)30-14-20(27)24-18-8-4-16(5-9-18)21(28)25(2)3/h4-13H,14H2,1-3H3,(H,24,27). The van der Waals surface area contributed by atoms with E-state index in [2.05, 4.69) is 10.4 Å². The van der Waals surface area contributed by atoms with E-state index >= 15 is 0 Å². The summed E-state index contributed by atoms with van der Waals surface area (Å²) in [5.74, 6) is -1.20. The van der Waals surface area contributed by atoms with E-state index in [1.165, 1.54) is 4.90 Å². The number of carbonyl (C=O) groups is 3. The number of aromatic nitrogens is 2. The molecule has 0 aliphatic heterocycles. The van der Waals surface area contributed by atoms with Crippen LogP contribution in [0.5, 0.6) is 0 Å².